The van der Waals surface area contributed by atoms with Crippen molar-refractivity contribution >= 4 is 0 Å². The van der Waals surface area contributed by atoms with Crippen LogP contribution < -0.4 is 5.32 Å². The van der Waals surface area contributed by atoms with E-state index in [0.29, 0.717) is 31.2 Å². The molecule has 2 aliphatic rings. The van der Waals surface area contributed by atoms with Gasteiger partial charge in [0.05, 0.1) is 18.8 Å². The van der Waals surface area contributed by atoms with E-state index in [1.54, 1.807) is 0 Å². The highest BCUT2D eigenvalue weighted by Crippen LogP contribution is 2.29. The van der Waals surface area contributed by atoms with Gasteiger partial charge in [-0.1, -0.05) is 38.3 Å². The maximum absolute atomic E-state index is 9.99. The van der Waals surface area contributed by atoms with Crippen molar-refractivity contribution in [2.24, 2.45) is 5.92 Å². The lowest BCUT2D eigenvalue weighted by Gasteiger charge is -2.31. The standard InChI is InChI=1S/C16H29NO2/c1-2-13-7-3-6-10-16(13)19-12-15(18)11-17-14-8-4-5-9-14/h4-5,13-18H,2-3,6-12H2,1H3. The molecule has 3 nitrogen and oxygen atoms in total. The first-order valence-corrected chi connectivity index (χ1v) is 7.97. The Morgan fingerprint density at radius 2 is 2.00 bits per heavy atom. The smallest absolute Gasteiger partial charge is 0.0897 e. The lowest BCUT2D eigenvalue weighted by Crippen LogP contribution is -2.38. The number of nitrogens with one attached hydrogen (secondary N) is 1. The summed E-state index contributed by atoms with van der Waals surface area (Å²) < 4.78 is 5.96. The molecule has 3 heteroatoms. The first-order chi connectivity index (χ1) is 9.29. The van der Waals surface area contributed by atoms with Crippen molar-refractivity contribution < 1.29 is 9.84 Å². The van der Waals surface area contributed by atoms with E-state index in [-0.39, 0.29) is 6.10 Å². The molecule has 3 unspecified atom stereocenters. The van der Waals surface area contributed by atoms with Crippen LogP contribution in [0, 0.1) is 5.92 Å². The number of aliphatic hydroxyl groups is 1. The van der Waals surface area contributed by atoms with Gasteiger partial charge in [0.2, 0.25) is 0 Å². The van der Waals surface area contributed by atoms with E-state index in [4.69, 9.17) is 4.74 Å². The second kappa shape index (κ2) is 8.03. The van der Waals surface area contributed by atoms with Crippen molar-refractivity contribution in [3.05, 3.63) is 12.2 Å². The van der Waals surface area contributed by atoms with Crippen molar-refractivity contribution in [1.29, 1.82) is 0 Å². The van der Waals surface area contributed by atoms with Gasteiger partial charge in [0.1, 0.15) is 0 Å². The van der Waals surface area contributed by atoms with Gasteiger partial charge in [0, 0.05) is 12.6 Å². The van der Waals surface area contributed by atoms with Crippen LogP contribution >= 0.6 is 0 Å². The summed E-state index contributed by atoms with van der Waals surface area (Å²) in [5, 5.41) is 13.4. The predicted octanol–water partition coefficient (Wildman–Crippen LogP) is 2.64. The van der Waals surface area contributed by atoms with Gasteiger partial charge in [-0.3, -0.25) is 0 Å². The SMILES string of the molecule is CCC1CCCCC1OCC(O)CNC1CC=CC1. The molecule has 1 fully saturated rings. The lowest BCUT2D eigenvalue weighted by atomic mass is 9.85. The maximum Gasteiger partial charge on any atom is 0.0897 e. The molecule has 2 N–H and O–H groups in total. The fraction of sp³-hybridized carbons (Fsp3) is 0.875. The molecule has 2 aliphatic carbocycles. The van der Waals surface area contributed by atoms with Crippen LogP contribution in [-0.2, 0) is 4.74 Å². The zero-order valence-electron chi connectivity index (χ0n) is 12.2. The van der Waals surface area contributed by atoms with Gasteiger partial charge in [-0.15, -0.1) is 0 Å². The highest BCUT2D eigenvalue weighted by Gasteiger charge is 2.25. The van der Waals surface area contributed by atoms with Gasteiger partial charge >= 0.3 is 0 Å². The Bertz CT molecular complexity index is 272. The molecule has 0 aromatic heterocycles. The fourth-order valence-corrected chi connectivity index (χ4v) is 3.24. The molecular weight excluding hydrogens is 238 g/mol. The summed E-state index contributed by atoms with van der Waals surface area (Å²) in [6.45, 7) is 3.38. The molecule has 0 bridgehead atoms. The molecule has 2 rings (SSSR count). The molecule has 0 aromatic rings. The minimum Gasteiger partial charge on any atom is -0.389 e. The van der Waals surface area contributed by atoms with Gasteiger partial charge in [0.25, 0.3) is 0 Å². The normalized spacial score (nSPS) is 29.8. The predicted molar refractivity (Wildman–Crippen MR) is 78.2 cm³/mol. The minimum atomic E-state index is -0.375. The average molecular weight is 267 g/mol. The molecule has 0 aromatic carbocycles. The molecule has 0 aliphatic heterocycles. The number of ether oxygens (including phenoxy) is 1. The van der Waals surface area contributed by atoms with E-state index in [2.05, 4.69) is 24.4 Å². The first kappa shape index (κ1) is 15.0. The van der Waals surface area contributed by atoms with Crippen LogP contribution in [0.3, 0.4) is 0 Å². The van der Waals surface area contributed by atoms with Crippen molar-refractivity contribution in [1.82, 2.24) is 5.32 Å². The van der Waals surface area contributed by atoms with E-state index in [0.717, 1.165) is 12.8 Å². The highest BCUT2D eigenvalue weighted by atomic mass is 16.5. The summed E-state index contributed by atoms with van der Waals surface area (Å²) in [5.74, 6) is 0.702. The van der Waals surface area contributed by atoms with Crippen molar-refractivity contribution in [2.75, 3.05) is 13.2 Å². The zero-order chi connectivity index (χ0) is 13.5. The molecule has 0 saturated heterocycles. The van der Waals surface area contributed by atoms with Crippen LogP contribution in [0.5, 0.6) is 0 Å². The van der Waals surface area contributed by atoms with Gasteiger partial charge in [0.15, 0.2) is 0 Å². The van der Waals surface area contributed by atoms with Crippen LogP contribution in [0.2, 0.25) is 0 Å². The van der Waals surface area contributed by atoms with E-state index in [1.807, 2.05) is 0 Å². The lowest BCUT2D eigenvalue weighted by molar-refractivity contribution is -0.0502. The quantitative estimate of drug-likeness (QED) is 0.697. The molecule has 1 saturated carbocycles. The van der Waals surface area contributed by atoms with Gasteiger partial charge in [-0.05, 0) is 31.6 Å². The van der Waals surface area contributed by atoms with Gasteiger partial charge in [-0.25, -0.2) is 0 Å². The van der Waals surface area contributed by atoms with Crippen LogP contribution in [0.15, 0.2) is 12.2 Å². The third-order valence-corrected chi connectivity index (χ3v) is 4.52. The summed E-state index contributed by atoms with van der Waals surface area (Å²) in [6, 6.07) is 0.521. The zero-order valence-corrected chi connectivity index (χ0v) is 12.2. The molecule has 3 atom stereocenters. The summed E-state index contributed by atoms with van der Waals surface area (Å²) >= 11 is 0. The summed E-state index contributed by atoms with van der Waals surface area (Å²) in [4.78, 5) is 0. The highest BCUT2D eigenvalue weighted by molar-refractivity contribution is 4.97. The van der Waals surface area contributed by atoms with Crippen LogP contribution in [0.25, 0.3) is 0 Å². The third-order valence-electron chi connectivity index (χ3n) is 4.52. The molecule has 0 spiro atoms. The van der Waals surface area contributed by atoms with Gasteiger partial charge in [-0.2, -0.15) is 0 Å². The Morgan fingerprint density at radius 1 is 1.26 bits per heavy atom. The Balaban J connectivity index is 1.60. The minimum absolute atomic E-state index is 0.375. The van der Waals surface area contributed by atoms with E-state index in [9.17, 15) is 5.11 Å². The number of aliphatic hydroxyl groups excluding tert-OH is 1. The van der Waals surface area contributed by atoms with Crippen LogP contribution in [-0.4, -0.2) is 36.5 Å². The first-order valence-electron chi connectivity index (χ1n) is 7.97. The Hall–Kier alpha value is -0.380. The van der Waals surface area contributed by atoms with E-state index in [1.165, 1.54) is 32.1 Å². The van der Waals surface area contributed by atoms with Crippen molar-refractivity contribution in [2.45, 2.75) is 70.1 Å². The number of hydrogen-bond donors (Lipinski definition) is 2. The molecule has 110 valence electrons. The largest absolute Gasteiger partial charge is 0.389 e. The van der Waals surface area contributed by atoms with Crippen molar-refractivity contribution in [3.63, 3.8) is 0 Å². The Labute approximate surface area is 117 Å². The maximum atomic E-state index is 9.99. The van der Waals surface area contributed by atoms with Gasteiger partial charge < -0.3 is 15.2 Å². The van der Waals surface area contributed by atoms with Crippen LogP contribution in [0.4, 0.5) is 0 Å². The number of hydrogen-bond acceptors (Lipinski definition) is 3. The van der Waals surface area contributed by atoms with Crippen molar-refractivity contribution in [3.8, 4) is 0 Å². The average Bonchev–Trinajstić information content (AvgIpc) is 2.96. The summed E-state index contributed by atoms with van der Waals surface area (Å²) in [5.41, 5.74) is 0. The third kappa shape index (κ3) is 4.90. The number of rotatable bonds is 7. The van der Waals surface area contributed by atoms with Crippen LogP contribution in [0.1, 0.15) is 51.9 Å². The fourth-order valence-electron chi connectivity index (χ4n) is 3.24. The monoisotopic (exact) mass is 267 g/mol. The molecule has 0 amide bonds. The molecular formula is C16H29NO2. The van der Waals surface area contributed by atoms with E-state index < -0.39 is 0 Å². The second-order valence-electron chi connectivity index (χ2n) is 6.03. The second-order valence-corrected chi connectivity index (χ2v) is 6.03. The Kier molecular flexibility index (Phi) is 6.35. The molecule has 0 heterocycles. The Morgan fingerprint density at radius 3 is 2.74 bits per heavy atom. The topological polar surface area (TPSA) is 41.5 Å². The molecule has 0 radical (unpaired) electrons. The van der Waals surface area contributed by atoms with E-state index >= 15 is 0 Å². The summed E-state index contributed by atoms with van der Waals surface area (Å²) in [7, 11) is 0. The molecule has 19 heavy (non-hydrogen) atoms. The summed E-state index contributed by atoms with van der Waals surface area (Å²) in [6.07, 6.45) is 12.9.